The number of hydrogen-bond acceptors (Lipinski definition) is 3. The molecule has 1 aromatic carbocycles. The minimum atomic E-state index is -0.493. The minimum Gasteiger partial charge on any atom is -0.358 e. The maximum absolute atomic E-state index is 10.6. The van der Waals surface area contributed by atoms with Gasteiger partial charge in [-0.05, 0) is 34.5 Å². The fraction of sp³-hybridized carbons (Fsp3) is 0.182. The summed E-state index contributed by atoms with van der Waals surface area (Å²) in [5, 5.41) is 10.6. The second-order valence-electron chi connectivity index (χ2n) is 3.71. The van der Waals surface area contributed by atoms with E-state index in [2.05, 4.69) is 20.9 Å². The van der Waals surface area contributed by atoms with E-state index in [0.717, 1.165) is 15.7 Å². The number of imidazole rings is 1. The number of nitrogens with zero attached hydrogens (tertiary/aromatic N) is 3. The monoisotopic (exact) mass is 295 g/mol. The van der Waals surface area contributed by atoms with Gasteiger partial charge in [0.2, 0.25) is 5.82 Å². The smallest absolute Gasteiger partial charge is 0.358 e. The number of aromatic nitrogens is 2. The highest BCUT2D eigenvalue weighted by atomic mass is 79.9. The standard InChI is InChI=1S/C11H10BrN3O2/c1-7-3-4-9(5-10(7)12)14-6-11(15(16)17)13-8(14)2/h3-6H,1-2H3. The molecule has 88 valence electrons. The molecule has 0 saturated carbocycles. The lowest BCUT2D eigenvalue weighted by Gasteiger charge is -2.04. The van der Waals surface area contributed by atoms with Crippen LogP contribution in [0.5, 0.6) is 0 Å². The fourth-order valence-electron chi connectivity index (χ4n) is 1.54. The van der Waals surface area contributed by atoms with E-state index in [0.29, 0.717) is 5.82 Å². The summed E-state index contributed by atoms with van der Waals surface area (Å²) >= 11 is 3.44. The van der Waals surface area contributed by atoms with Crippen molar-refractivity contribution in [1.29, 1.82) is 0 Å². The molecule has 0 spiro atoms. The van der Waals surface area contributed by atoms with Crippen molar-refractivity contribution in [3.63, 3.8) is 0 Å². The average molecular weight is 296 g/mol. The van der Waals surface area contributed by atoms with Gasteiger partial charge in [0.15, 0.2) is 0 Å². The van der Waals surface area contributed by atoms with E-state index < -0.39 is 4.92 Å². The van der Waals surface area contributed by atoms with E-state index in [1.54, 1.807) is 11.5 Å². The van der Waals surface area contributed by atoms with E-state index in [4.69, 9.17) is 0 Å². The van der Waals surface area contributed by atoms with Gasteiger partial charge >= 0.3 is 5.82 Å². The van der Waals surface area contributed by atoms with Crippen molar-refractivity contribution < 1.29 is 4.92 Å². The van der Waals surface area contributed by atoms with E-state index in [1.165, 1.54) is 6.20 Å². The topological polar surface area (TPSA) is 61.0 Å². The van der Waals surface area contributed by atoms with Crippen molar-refractivity contribution in [2.24, 2.45) is 0 Å². The second-order valence-corrected chi connectivity index (χ2v) is 4.56. The van der Waals surface area contributed by atoms with Gasteiger partial charge in [0.25, 0.3) is 0 Å². The molecule has 0 radical (unpaired) electrons. The highest BCUT2D eigenvalue weighted by Gasteiger charge is 2.16. The van der Waals surface area contributed by atoms with Crippen LogP contribution < -0.4 is 0 Å². The van der Waals surface area contributed by atoms with Crippen LogP contribution in [0.4, 0.5) is 5.82 Å². The van der Waals surface area contributed by atoms with Gasteiger partial charge in [0, 0.05) is 11.4 Å². The van der Waals surface area contributed by atoms with Crippen molar-refractivity contribution in [2.45, 2.75) is 13.8 Å². The zero-order valence-corrected chi connectivity index (χ0v) is 10.9. The van der Waals surface area contributed by atoms with E-state index in [-0.39, 0.29) is 5.82 Å². The predicted octanol–water partition coefficient (Wildman–Crippen LogP) is 3.16. The molecule has 0 amide bonds. The molecule has 2 aromatic rings. The Morgan fingerprint density at radius 1 is 1.41 bits per heavy atom. The largest absolute Gasteiger partial charge is 0.382 e. The lowest BCUT2D eigenvalue weighted by molar-refractivity contribution is -0.389. The first-order valence-corrected chi connectivity index (χ1v) is 5.75. The average Bonchev–Trinajstić information content (AvgIpc) is 2.65. The summed E-state index contributed by atoms with van der Waals surface area (Å²) in [6.45, 7) is 3.72. The highest BCUT2D eigenvalue weighted by molar-refractivity contribution is 9.10. The molecule has 6 heteroatoms. The van der Waals surface area contributed by atoms with Crippen LogP contribution in [0, 0.1) is 24.0 Å². The molecule has 1 heterocycles. The van der Waals surface area contributed by atoms with Crippen LogP contribution in [-0.2, 0) is 0 Å². The molecule has 0 N–H and O–H groups in total. The third-order valence-corrected chi connectivity index (χ3v) is 3.34. The SMILES string of the molecule is Cc1ccc(-n2cc([N+](=O)[O-])nc2C)cc1Br. The molecule has 2 rings (SSSR count). The van der Waals surface area contributed by atoms with Gasteiger partial charge in [0.1, 0.15) is 6.20 Å². The number of rotatable bonds is 2. The normalized spacial score (nSPS) is 10.5. The third-order valence-electron chi connectivity index (χ3n) is 2.49. The Kier molecular flexibility index (Phi) is 2.97. The molecular formula is C11H10BrN3O2. The van der Waals surface area contributed by atoms with Crippen molar-refractivity contribution in [3.8, 4) is 5.69 Å². The summed E-state index contributed by atoms with van der Waals surface area (Å²) in [5.41, 5.74) is 1.96. The van der Waals surface area contributed by atoms with Crippen LogP contribution in [0.2, 0.25) is 0 Å². The summed E-state index contributed by atoms with van der Waals surface area (Å²) in [6, 6.07) is 5.76. The van der Waals surface area contributed by atoms with Gasteiger partial charge in [-0.3, -0.25) is 4.57 Å². The van der Waals surface area contributed by atoms with Crippen LogP contribution in [0.25, 0.3) is 5.69 Å². The Morgan fingerprint density at radius 3 is 2.65 bits per heavy atom. The molecule has 0 aliphatic heterocycles. The quantitative estimate of drug-likeness (QED) is 0.631. The van der Waals surface area contributed by atoms with E-state index >= 15 is 0 Å². The maximum Gasteiger partial charge on any atom is 0.382 e. The lowest BCUT2D eigenvalue weighted by atomic mass is 10.2. The fourth-order valence-corrected chi connectivity index (χ4v) is 1.91. The zero-order valence-electron chi connectivity index (χ0n) is 9.35. The van der Waals surface area contributed by atoms with E-state index in [1.807, 2.05) is 25.1 Å². The Bertz CT molecular complexity index is 592. The number of benzene rings is 1. The van der Waals surface area contributed by atoms with Crippen LogP contribution in [-0.4, -0.2) is 14.5 Å². The van der Waals surface area contributed by atoms with Gasteiger partial charge in [-0.2, -0.15) is 0 Å². The summed E-state index contributed by atoms with van der Waals surface area (Å²) in [7, 11) is 0. The first-order valence-electron chi connectivity index (χ1n) is 4.96. The molecule has 5 nitrogen and oxygen atoms in total. The minimum absolute atomic E-state index is 0.140. The number of hydrogen-bond donors (Lipinski definition) is 0. The summed E-state index contributed by atoms with van der Waals surface area (Å²) in [4.78, 5) is 14.0. The van der Waals surface area contributed by atoms with Gasteiger partial charge in [0.05, 0.1) is 5.69 Å². The summed E-state index contributed by atoms with van der Waals surface area (Å²) in [5.74, 6) is 0.451. The van der Waals surface area contributed by atoms with E-state index in [9.17, 15) is 10.1 Å². The Morgan fingerprint density at radius 2 is 2.12 bits per heavy atom. The molecule has 0 unspecified atom stereocenters. The zero-order chi connectivity index (χ0) is 12.6. The molecule has 17 heavy (non-hydrogen) atoms. The molecule has 1 aromatic heterocycles. The molecule has 0 fully saturated rings. The van der Waals surface area contributed by atoms with Gasteiger partial charge in [-0.15, -0.1) is 0 Å². The van der Waals surface area contributed by atoms with Gasteiger partial charge in [-0.25, -0.2) is 0 Å². The predicted molar refractivity (Wildman–Crippen MR) is 67.4 cm³/mol. The molecular weight excluding hydrogens is 286 g/mol. The highest BCUT2D eigenvalue weighted by Crippen LogP contribution is 2.22. The van der Waals surface area contributed by atoms with Crippen LogP contribution >= 0.6 is 15.9 Å². The molecule has 0 aliphatic carbocycles. The molecule has 0 saturated heterocycles. The van der Waals surface area contributed by atoms with Crippen LogP contribution in [0.3, 0.4) is 0 Å². The van der Waals surface area contributed by atoms with Crippen LogP contribution in [0.15, 0.2) is 28.9 Å². The third kappa shape index (κ3) is 2.21. The number of aryl methyl sites for hydroxylation is 2. The van der Waals surface area contributed by atoms with Crippen molar-refractivity contribution in [1.82, 2.24) is 9.55 Å². The Hall–Kier alpha value is -1.69. The molecule has 0 aliphatic rings. The summed E-state index contributed by atoms with van der Waals surface area (Å²) < 4.78 is 2.66. The first-order chi connectivity index (χ1) is 7.99. The lowest BCUT2D eigenvalue weighted by Crippen LogP contribution is -1.95. The number of nitro groups is 1. The summed E-state index contributed by atoms with van der Waals surface area (Å²) in [6.07, 6.45) is 1.42. The maximum atomic E-state index is 10.6. The first kappa shape index (κ1) is 11.8. The van der Waals surface area contributed by atoms with Gasteiger partial charge in [-0.1, -0.05) is 22.0 Å². The Labute approximate surface area is 106 Å². The van der Waals surface area contributed by atoms with Crippen molar-refractivity contribution >= 4 is 21.7 Å². The van der Waals surface area contributed by atoms with Crippen LogP contribution in [0.1, 0.15) is 11.4 Å². The molecule has 0 atom stereocenters. The number of halogens is 1. The van der Waals surface area contributed by atoms with Gasteiger partial charge < -0.3 is 10.1 Å². The second kappa shape index (κ2) is 4.29. The molecule has 0 bridgehead atoms. The van der Waals surface area contributed by atoms with Crippen molar-refractivity contribution in [2.75, 3.05) is 0 Å². The Balaban J connectivity index is 2.52. The van der Waals surface area contributed by atoms with Crippen molar-refractivity contribution in [3.05, 3.63) is 50.4 Å².